The molecule has 4 heteroatoms. The summed E-state index contributed by atoms with van der Waals surface area (Å²) in [4.78, 5) is 0. The number of hydrogen-bond acceptors (Lipinski definition) is 0. The first-order valence-corrected chi connectivity index (χ1v) is 23.5. The SMILES string of the molecule is C[Si]1(C)C[Si](C)(c2ccc(/C=C/c3ccc([Si]4(C)C[Si](C)(C)C4)cc3)cc2)C1. The summed E-state index contributed by atoms with van der Waals surface area (Å²) >= 11 is 0. The van der Waals surface area contributed by atoms with Crippen LogP contribution < -0.4 is 10.4 Å². The van der Waals surface area contributed by atoms with E-state index in [-0.39, 0.29) is 0 Å². The third kappa shape index (κ3) is 4.02. The molecule has 2 heterocycles. The zero-order valence-electron chi connectivity index (χ0n) is 18.6. The summed E-state index contributed by atoms with van der Waals surface area (Å²) in [6.45, 7) is 15.4. The molecule has 0 radical (unpaired) electrons. The highest BCUT2D eigenvalue weighted by molar-refractivity contribution is 7.18. The van der Waals surface area contributed by atoms with Gasteiger partial charge in [-0.25, -0.2) is 0 Å². The third-order valence-electron chi connectivity index (χ3n) is 7.16. The minimum Gasteiger partial charge on any atom is -0.0697 e. The second-order valence-electron chi connectivity index (χ2n) is 11.7. The summed E-state index contributed by atoms with van der Waals surface area (Å²) in [6.07, 6.45) is 4.56. The van der Waals surface area contributed by atoms with Gasteiger partial charge in [0.15, 0.2) is 0 Å². The molecule has 0 atom stereocenters. The van der Waals surface area contributed by atoms with E-state index in [4.69, 9.17) is 0 Å². The lowest BCUT2D eigenvalue weighted by Gasteiger charge is -2.49. The highest BCUT2D eigenvalue weighted by Gasteiger charge is 2.50. The fourth-order valence-corrected chi connectivity index (χ4v) is 44.9. The Kier molecular flexibility index (Phi) is 4.93. The molecule has 2 aliphatic rings. The highest BCUT2D eigenvalue weighted by atomic mass is 28.5. The summed E-state index contributed by atoms with van der Waals surface area (Å²) in [5.74, 6) is 0. The van der Waals surface area contributed by atoms with Gasteiger partial charge in [0.25, 0.3) is 0 Å². The van der Waals surface area contributed by atoms with E-state index >= 15 is 0 Å². The largest absolute Gasteiger partial charge is 0.0785 e. The molecule has 4 rings (SSSR count). The third-order valence-corrected chi connectivity index (χ3v) is 38.4. The van der Waals surface area contributed by atoms with Crippen LogP contribution in [-0.2, 0) is 0 Å². The predicted octanol–water partition coefficient (Wildman–Crippen LogP) is 6.03. The normalized spacial score (nSPS) is 23.8. The molecule has 0 aromatic heterocycles. The summed E-state index contributed by atoms with van der Waals surface area (Å²) in [5, 5.41) is 3.34. The maximum Gasteiger partial charge on any atom is 0.0785 e. The van der Waals surface area contributed by atoms with Crippen LogP contribution in [0.5, 0.6) is 0 Å². The first kappa shape index (κ1) is 20.3. The zero-order chi connectivity index (χ0) is 20.2. The van der Waals surface area contributed by atoms with Crippen LogP contribution in [0.4, 0.5) is 0 Å². The molecule has 2 aliphatic heterocycles. The molecule has 0 aliphatic carbocycles. The molecular formula is C24H36Si4. The lowest BCUT2D eigenvalue weighted by molar-refractivity contribution is 1.36. The van der Waals surface area contributed by atoms with E-state index in [1.807, 2.05) is 0 Å². The Labute approximate surface area is 176 Å². The van der Waals surface area contributed by atoms with Crippen LogP contribution in [0.1, 0.15) is 11.1 Å². The van der Waals surface area contributed by atoms with E-state index in [0.717, 1.165) is 0 Å². The van der Waals surface area contributed by atoms with Gasteiger partial charge in [-0.15, -0.1) is 0 Å². The molecule has 0 nitrogen and oxygen atoms in total. The van der Waals surface area contributed by atoms with E-state index in [0.29, 0.717) is 0 Å². The summed E-state index contributed by atoms with van der Waals surface area (Å²) < 4.78 is 0. The molecule has 2 saturated heterocycles. The lowest BCUT2D eigenvalue weighted by atomic mass is 10.1. The Morgan fingerprint density at radius 2 is 0.786 bits per heavy atom. The molecule has 0 amide bonds. The molecule has 0 unspecified atom stereocenters. The van der Waals surface area contributed by atoms with Crippen LogP contribution in [0, 0.1) is 0 Å². The standard InChI is InChI=1S/C24H36Si4/c1-25(2)17-27(5,18-25)23-13-9-21(10-14-23)7-8-22-11-15-24(16-12-22)28(6)19-26(3,4)20-28/h7-16H,17-20H2,1-6H3/b8-7+. The van der Waals surface area contributed by atoms with E-state index in [2.05, 4.69) is 100.0 Å². The maximum atomic E-state index is 2.59. The highest BCUT2D eigenvalue weighted by Crippen LogP contribution is 2.40. The molecule has 0 bridgehead atoms. The Morgan fingerprint density at radius 1 is 0.500 bits per heavy atom. The molecule has 0 saturated carbocycles. The average molecular weight is 437 g/mol. The van der Waals surface area contributed by atoms with Crippen molar-refractivity contribution in [1.29, 1.82) is 0 Å². The van der Waals surface area contributed by atoms with E-state index in [1.54, 1.807) is 33.0 Å². The van der Waals surface area contributed by atoms with Gasteiger partial charge in [0, 0.05) is 16.1 Å². The Balaban J connectivity index is 1.41. The van der Waals surface area contributed by atoms with Crippen molar-refractivity contribution < 1.29 is 0 Å². The van der Waals surface area contributed by atoms with Crippen molar-refractivity contribution in [3.63, 3.8) is 0 Å². The molecule has 0 spiro atoms. The van der Waals surface area contributed by atoms with E-state index in [1.165, 1.54) is 11.1 Å². The fraction of sp³-hybridized carbons (Fsp3) is 0.417. The van der Waals surface area contributed by atoms with Crippen LogP contribution in [0.2, 0.25) is 62.0 Å². The Bertz CT molecular complexity index is 800. The van der Waals surface area contributed by atoms with Gasteiger partial charge in [-0.2, -0.15) is 0 Å². The summed E-state index contributed by atoms with van der Waals surface area (Å²) in [5.41, 5.74) is 8.95. The summed E-state index contributed by atoms with van der Waals surface area (Å²) in [6, 6.07) is 19.0. The minimum absolute atomic E-state index is 0.814. The Morgan fingerprint density at radius 3 is 1.04 bits per heavy atom. The van der Waals surface area contributed by atoms with Crippen molar-refractivity contribution in [2.45, 2.75) is 62.0 Å². The number of hydrogen-bond donors (Lipinski definition) is 0. The maximum absolute atomic E-state index is 2.59. The van der Waals surface area contributed by atoms with E-state index < -0.39 is 32.3 Å². The topological polar surface area (TPSA) is 0 Å². The summed E-state index contributed by atoms with van der Waals surface area (Å²) in [7, 11) is -3.84. The fourth-order valence-electron chi connectivity index (χ4n) is 6.72. The molecule has 2 fully saturated rings. The molecule has 148 valence electrons. The second-order valence-corrected chi connectivity index (χ2v) is 33.4. The zero-order valence-corrected chi connectivity index (χ0v) is 22.6. The Hall–Kier alpha value is -0.952. The van der Waals surface area contributed by atoms with Crippen molar-refractivity contribution in [3.05, 3.63) is 59.7 Å². The van der Waals surface area contributed by atoms with Crippen molar-refractivity contribution in [1.82, 2.24) is 0 Å². The molecule has 28 heavy (non-hydrogen) atoms. The minimum atomic E-state index is -1.11. The molecular weight excluding hydrogens is 401 g/mol. The second kappa shape index (κ2) is 6.79. The van der Waals surface area contributed by atoms with Crippen molar-refractivity contribution in [2.75, 3.05) is 0 Å². The smallest absolute Gasteiger partial charge is 0.0697 e. The number of benzene rings is 2. The monoisotopic (exact) mass is 436 g/mol. The quantitative estimate of drug-likeness (QED) is 0.405. The van der Waals surface area contributed by atoms with Gasteiger partial charge in [-0.3, -0.25) is 0 Å². The van der Waals surface area contributed by atoms with Crippen LogP contribution in [-0.4, -0.2) is 32.3 Å². The van der Waals surface area contributed by atoms with Crippen molar-refractivity contribution in [3.8, 4) is 0 Å². The molecule has 2 aromatic carbocycles. The van der Waals surface area contributed by atoms with Gasteiger partial charge in [0.1, 0.15) is 0 Å². The van der Waals surface area contributed by atoms with Crippen LogP contribution in [0.25, 0.3) is 12.2 Å². The van der Waals surface area contributed by atoms with Gasteiger partial charge >= 0.3 is 0 Å². The van der Waals surface area contributed by atoms with Crippen LogP contribution in [0.3, 0.4) is 0 Å². The van der Waals surface area contributed by atoms with Gasteiger partial charge in [0.05, 0.1) is 16.1 Å². The lowest BCUT2D eigenvalue weighted by Crippen LogP contribution is -2.64. The average Bonchev–Trinajstić information content (AvgIpc) is 2.57. The number of rotatable bonds is 4. The predicted molar refractivity (Wildman–Crippen MR) is 139 cm³/mol. The van der Waals surface area contributed by atoms with Gasteiger partial charge in [0.2, 0.25) is 0 Å². The van der Waals surface area contributed by atoms with Crippen LogP contribution in [0.15, 0.2) is 48.5 Å². The first-order valence-electron chi connectivity index (χ1n) is 10.9. The molecule has 0 N–H and O–H groups in total. The van der Waals surface area contributed by atoms with Crippen LogP contribution >= 0.6 is 0 Å². The van der Waals surface area contributed by atoms with Crippen molar-refractivity contribution in [2.24, 2.45) is 0 Å². The van der Waals surface area contributed by atoms with Gasteiger partial charge in [-0.1, -0.05) is 133 Å². The molecule has 2 aromatic rings. The van der Waals surface area contributed by atoms with E-state index in [9.17, 15) is 0 Å². The van der Waals surface area contributed by atoms with Gasteiger partial charge in [-0.05, 0) is 11.1 Å². The first-order chi connectivity index (χ1) is 13.0. The van der Waals surface area contributed by atoms with Crippen molar-refractivity contribution >= 4 is 54.8 Å². The van der Waals surface area contributed by atoms with Gasteiger partial charge < -0.3 is 0 Å².